The molecule has 0 bridgehead atoms. The number of nitro benzene ring substituents is 1. The van der Waals surface area contributed by atoms with Crippen LogP contribution in [-0.4, -0.2) is 4.92 Å². The molecule has 66 valence electrons. The van der Waals surface area contributed by atoms with E-state index in [1.807, 2.05) is 13.8 Å². The molecule has 0 N–H and O–H groups in total. The molecule has 0 unspecified atom stereocenters. The normalized spacial score (nSPS) is 8.25. The van der Waals surface area contributed by atoms with Gasteiger partial charge in [-0.2, -0.15) is 0 Å². The first-order valence-corrected chi connectivity index (χ1v) is 4.40. The Labute approximate surface area is 79.7 Å². The number of hydrogen-bond donors (Lipinski definition) is 0. The Kier molecular flexibility index (Phi) is 5.28. The SMILES string of the molecule is CC.O=[N+]([O-])c1ccccc1Br. The van der Waals surface area contributed by atoms with Crippen LogP contribution < -0.4 is 0 Å². The standard InChI is InChI=1S/C6H4BrNO2.C2H6/c7-5-3-1-2-4-6(5)8(9)10;1-2/h1-4H;1-2H3. The van der Waals surface area contributed by atoms with Crippen molar-refractivity contribution in [1.29, 1.82) is 0 Å². The molecule has 0 spiro atoms. The predicted molar refractivity (Wildman–Crippen MR) is 52.1 cm³/mol. The van der Waals surface area contributed by atoms with Crippen molar-refractivity contribution >= 4 is 21.6 Å². The first-order valence-electron chi connectivity index (χ1n) is 3.61. The average molecular weight is 232 g/mol. The van der Waals surface area contributed by atoms with Crippen LogP contribution in [0.25, 0.3) is 0 Å². The van der Waals surface area contributed by atoms with Gasteiger partial charge >= 0.3 is 0 Å². The first-order chi connectivity index (χ1) is 5.72. The molecule has 0 saturated heterocycles. The molecule has 4 heteroatoms. The van der Waals surface area contributed by atoms with Crippen LogP contribution in [0, 0.1) is 10.1 Å². The smallest absolute Gasteiger partial charge is 0.258 e. The van der Waals surface area contributed by atoms with E-state index in [4.69, 9.17) is 0 Å². The molecule has 12 heavy (non-hydrogen) atoms. The van der Waals surface area contributed by atoms with Gasteiger partial charge in [-0.3, -0.25) is 10.1 Å². The molecule has 1 aromatic carbocycles. The van der Waals surface area contributed by atoms with E-state index in [1.54, 1.807) is 18.2 Å². The van der Waals surface area contributed by atoms with Crippen LogP contribution in [0.4, 0.5) is 5.69 Å². The highest BCUT2D eigenvalue weighted by Crippen LogP contribution is 2.22. The Balaban J connectivity index is 0.000000561. The van der Waals surface area contributed by atoms with Crippen molar-refractivity contribution in [3.05, 3.63) is 38.9 Å². The minimum absolute atomic E-state index is 0.0995. The lowest BCUT2D eigenvalue weighted by molar-refractivity contribution is -0.385. The number of hydrogen-bond acceptors (Lipinski definition) is 2. The number of para-hydroxylation sites is 1. The maximum absolute atomic E-state index is 10.2. The molecular formula is C8H10BrNO2. The monoisotopic (exact) mass is 231 g/mol. The molecule has 0 aromatic heterocycles. The minimum Gasteiger partial charge on any atom is -0.258 e. The predicted octanol–water partition coefficient (Wildman–Crippen LogP) is 3.38. The number of nitro groups is 1. The van der Waals surface area contributed by atoms with Crippen LogP contribution in [0.2, 0.25) is 0 Å². The van der Waals surface area contributed by atoms with E-state index < -0.39 is 4.92 Å². The van der Waals surface area contributed by atoms with Crippen LogP contribution in [0.15, 0.2) is 28.7 Å². The molecule has 0 amide bonds. The van der Waals surface area contributed by atoms with E-state index in [0.717, 1.165) is 0 Å². The zero-order chi connectivity index (χ0) is 9.56. The van der Waals surface area contributed by atoms with Gasteiger partial charge in [0.05, 0.1) is 9.40 Å². The van der Waals surface area contributed by atoms with Crippen molar-refractivity contribution in [1.82, 2.24) is 0 Å². The highest BCUT2D eigenvalue weighted by atomic mass is 79.9. The third-order valence-corrected chi connectivity index (χ3v) is 1.72. The van der Waals surface area contributed by atoms with Gasteiger partial charge in [-0.1, -0.05) is 26.0 Å². The lowest BCUT2D eigenvalue weighted by Crippen LogP contribution is -1.87. The Morgan fingerprint density at radius 3 is 2.17 bits per heavy atom. The van der Waals surface area contributed by atoms with Gasteiger partial charge in [0.15, 0.2) is 0 Å². The average Bonchev–Trinajstić information content (AvgIpc) is 2.08. The third-order valence-electron chi connectivity index (χ3n) is 1.05. The van der Waals surface area contributed by atoms with E-state index in [1.165, 1.54) is 6.07 Å². The summed E-state index contributed by atoms with van der Waals surface area (Å²) in [5, 5.41) is 10.2. The van der Waals surface area contributed by atoms with Gasteiger partial charge in [-0.15, -0.1) is 0 Å². The van der Waals surface area contributed by atoms with Crippen LogP contribution in [0.3, 0.4) is 0 Å². The summed E-state index contributed by atoms with van der Waals surface area (Å²) in [5.41, 5.74) is 0.0995. The summed E-state index contributed by atoms with van der Waals surface area (Å²) in [6, 6.07) is 6.45. The number of halogens is 1. The van der Waals surface area contributed by atoms with Crippen molar-refractivity contribution in [2.45, 2.75) is 13.8 Å². The number of rotatable bonds is 1. The second kappa shape index (κ2) is 5.71. The van der Waals surface area contributed by atoms with E-state index in [-0.39, 0.29) is 5.69 Å². The minimum atomic E-state index is -0.427. The van der Waals surface area contributed by atoms with Gasteiger partial charge < -0.3 is 0 Å². The molecule has 0 aliphatic heterocycles. The highest BCUT2D eigenvalue weighted by Gasteiger charge is 2.07. The fraction of sp³-hybridized carbons (Fsp3) is 0.250. The third kappa shape index (κ3) is 3.00. The Hall–Kier alpha value is -0.900. The molecule has 3 nitrogen and oxygen atoms in total. The van der Waals surface area contributed by atoms with E-state index >= 15 is 0 Å². The van der Waals surface area contributed by atoms with Crippen LogP contribution >= 0.6 is 15.9 Å². The van der Waals surface area contributed by atoms with Crippen molar-refractivity contribution in [2.24, 2.45) is 0 Å². The molecule has 0 aliphatic rings. The Bertz CT molecular complexity index is 263. The molecule has 0 heterocycles. The molecule has 0 atom stereocenters. The zero-order valence-corrected chi connectivity index (χ0v) is 8.54. The van der Waals surface area contributed by atoms with Crippen molar-refractivity contribution in [3.63, 3.8) is 0 Å². The zero-order valence-electron chi connectivity index (χ0n) is 6.95. The molecule has 0 radical (unpaired) electrons. The van der Waals surface area contributed by atoms with Crippen molar-refractivity contribution in [3.8, 4) is 0 Å². The topological polar surface area (TPSA) is 43.1 Å². The summed E-state index contributed by atoms with van der Waals surface area (Å²) in [4.78, 5) is 9.77. The van der Waals surface area contributed by atoms with E-state index in [9.17, 15) is 10.1 Å². The second-order valence-electron chi connectivity index (χ2n) is 1.71. The second-order valence-corrected chi connectivity index (χ2v) is 2.56. The van der Waals surface area contributed by atoms with E-state index in [2.05, 4.69) is 15.9 Å². The summed E-state index contributed by atoms with van der Waals surface area (Å²) in [6.07, 6.45) is 0. The molecule has 0 saturated carbocycles. The van der Waals surface area contributed by atoms with Crippen LogP contribution in [0.1, 0.15) is 13.8 Å². The van der Waals surface area contributed by atoms with Gasteiger partial charge in [0.25, 0.3) is 5.69 Å². The maximum atomic E-state index is 10.2. The van der Waals surface area contributed by atoms with Gasteiger partial charge in [0, 0.05) is 6.07 Å². The summed E-state index contributed by atoms with van der Waals surface area (Å²) in [7, 11) is 0. The van der Waals surface area contributed by atoms with E-state index in [0.29, 0.717) is 4.47 Å². The maximum Gasteiger partial charge on any atom is 0.283 e. The van der Waals surface area contributed by atoms with Gasteiger partial charge in [0.2, 0.25) is 0 Å². The fourth-order valence-electron chi connectivity index (χ4n) is 0.600. The quantitative estimate of drug-likeness (QED) is 0.550. The van der Waals surface area contributed by atoms with Gasteiger partial charge in [-0.25, -0.2) is 0 Å². The molecule has 1 aromatic rings. The van der Waals surface area contributed by atoms with Crippen LogP contribution in [-0.2, 0) is 0 Å². The molecule has 0 aliphatic carbocycles. The summed E-state index contributed by atoms with van der Waals surface area (Å²) < 4.78 is 0.514. The Morgan fingerprint density at radius 1 is 1.33 bits per heavy atom. The lowest BCUT2D eigenvalue weighted by atomic mass is 10.3. The number of benzene rings is 1. The highest BCUT2D eigenvalue weighted by molar-refractivity contribution is 9.10. The number of nitrogens with zero attached hydrogens (tertiary/aromatic N) is 1. The van der Waals surface area contributed by atoms with Gasteiger partial charge in [-0.05, 0) is 22.0 Å². The van der Waals surface area contributed by atoms with Crippen molar-refractivity contribution < 1.29 is 4.92 Å². The summed E-state index contributed by atoms with van der Waals surface area (Å²) in [6.45, 7) is 4.00. The fourth-order valence-corrected chi connectivity index (χ4v) is 1.03. The largest absolute Gasteiger partial charge is 0.283 e. The Morgan fingerprint density at radius 2 is 1.83 bits per heavy atom. The summed E-state index contributed by atoms with van der Waals surface area (Å²) >= 11 is 3.06. The van der Waals surface area contributed by atoms with Gasteiger partial charge in [0.1, 0.15) is 0 Å². The first kappa shape index (κ1) is 11.1. The lowest BCUT2D eigenvalue weighted by Gasteiger charge is -1.91. The summed E-state index contributed by atoms with van der Waals surface area (Å²) in [5.74, 6) is 0. The molecule has 1 rings (SSSR count). The molecular weight excluding hydrogens is 222 g/mol. The van der Waals surface area contributed by atoms with Crippen molar-refractivity contribution in [2.75, 3.05) is 0 Å². The van der Waals surface area contributed by atoms with Crippen LogP contribution in [0.5, 0.6) is 0 Å². The molecule has 0 fully saturated rings.